The van der Waals surface area contributed by atoms with E-state index in [0.29, 0.717) is 13.2 Å². The highest BCUT2D eigenvalue weighted by molar-refractivity contribution is 7.23. The minimum absolute atomic E-state index is 0.282. The maximum absolute atomic E-state index is 6.29. The number of rotatable bonds is 6. The fourth-order valence-corrected chi connectivity index (χ4v) is 5.53. The highest BCUT2D eigenvalue weighted by Crippen LogP contribution is 2.41. The van der Waals surface area contributed by atoms with E-state index in [1.807, 2.05) is 12.3 Å². The third kappa shape index (κ3) is 4.67. The van der Waals surface area contributed by atoms with Crippen LogP contribution in [0.4, 0.5) is 11.6 Å². The standard InChI is InChI=1S/C22H27ClN6O2S/c1-15-18-20(21(27-22(23)26-18)29-8-12-31-13-9-29)32-19(15)16-2-3-17(25-14-16)24-4-5-28-6-10-30-11-7-28/h2-3,14H,4-13H2,1H3,(H,24,25). The number of halogens is 1. The number of ether oxygens (including phenoxy) is 2. The van der Waals surface area contributed by atoms with Crippen LogP contribution >= 0.6 is 22.9 Å². The highest BCUT2D eigenvalue weighted by Gasteiger charge is 2.22. The van der Waals surface area contributed by atoms with Gasteiger partial charge in [-0.2, -0.15) is 4.98 Å². The Morgan fingerprint density at radius 1 is 1.06 bits per heavy atom. The van der Waals surface area contributed by atoms with Gasteiger partial charge in [0.1, 0.15) is 5.82 Å². The quantitative estimate of drug-likeness (QED) is 0.545. The zero-order valence-corrected chi connectivity index (χ0v) is 19.7. The molecule has 5 heterocycles. The van der Waals surface area contributed by atoms with Gasteiger partial charge in [0.25, 0.3) is 0 Å². The fourth-order valence-electron chi connectivity index (χ4n) is 4.11. The zero-order chi connectivity index (χ0) is 21.9. The van der Waals surface area contributed by atoms with Crippen molar-refractivity contribution in [1.29, 1.82) is 0 Å². The highest BCUT2D eigenvalue weighted by atomic mass is 35.5. The van der Waals surface area contributed by atoms with Gasteiger partial charge >= 0.3 is 0 Å². The fraction of sp³-hybridized carbons (Fsp3) is 0.500. The van der Waals surface area contributed by atoms with Crippen molar-refractivity contribution < 1.29 is 9.47 Å². The molecule has 0 saturated carbocycles. The van der Waals surface area contributed by atoms with Crippen molar-refractivity contribution in [2.75, 3.05) is 75.9 Å². The monoisotopic (exact) mass is 474 g/mol. The number of hydrogen-bond donors (Lipinski definition) is 1. The lowest BCUT2D eigenvalue weighted by Gasteiger charge is -2.28. The lowest BCUT2D eigenvalue weighted by atomic mass is 10.1. The Morgan fingerprint density at radius 2 is 1.81 bits per heavy atom. The first-order valence-electron chi connectivity index (χ1n) is 11.0. The number of pyridine rings is 1. The van der Waals surface area contributed by atoms with Gasteiger partial charge in [-0.05, 0) is 36.2 Å². The second kappa shape index (κ2) is 9.84. The van der Waals surface area contributed by atoms with Gasteiger partial charge in [-0.15, -0.1) is 11.3 Å². The second-order valence-corrected chi connectivity index (χ2v) is 9.32. The number of morpholine rings is 2. The van der Waals surface area contributed by atoms with Crippen molar-refractivity contribution in [1.82, 2.24) is 19.9 Å². The zero-order valence-electron chi connectivity index (χ0n) is 18.1. The van der Waals surface area contributed by atoms with Crippen molar-refractivity contribution in [2.45, 2.75) is 6.92 Å². The first kappa shape index (κ1) is 21.8. The molecular weight excluding hydrogens is 448 g/mol. The number of nitrogens with zero attached hydrogens (tertiary/aromatic N) is 5. The normalized spacial score (nSPS) is 17.8. The summed E-state index contributed by atoms with van der Waals surface area (Å²) >= 11 is 7.99. The van der Waals surface area contributed by atoms with Gasteiger partial charge < -0.3 is 19.7 Å². The molecule has 2 aliphatic heterocycles. The van der Waals surface area contributed by atoms with E-state index in [1.165, 1.54) is 0 Å². The van der Waals surface area contributed by atoms with Crippen molar-refractivity contribution in [3.8, 4) is 10.4 Å². The van der Waals surface area contributed by atoms with Gasteiger partial charge in [0.05, 0.1) is 36.6 Å². The van der Waals surface area contributed by atoms with E-state index < -0.39 is 0 Å². The number of aromatic nitrogens is 3. The van der Waals surface area contributed by atoms with Gasteiger partial charge in [0.2, 0.25) is 5.28 Å². The third-order valence-electron chi connectivity index (χ3n) is 5.89. The molecule has 0 atom stereocenters. The average Bonchev–Trinajstić information content (AvgIpc) is 3.16. The topological polar surface area (TPSA) is 75.6 Å². The first-order valence-corrected chi connectivity index (χ1v) is 12.2. The van der Waals surface area contributed by atoms with Crippen LogP contribution in [0, 0.1) is 6.92 Å². The Bertz CT molecular complexity index is 1060. The van der Waals surface area contributed by atoms with Crippen LogP contribution in [0.2, 0.25) is 5.28 Å². The van der Waals surface area contributed by atoms with Crippen molar-refractivity contribution >= 4 is 44.8 Å². The van der Waals surface area contributed by atoms with Crippen LogP contribution < -0.4 is 10.2 Å². The lowest BCUT2D eigenvalue weighted by molar-refractivity contribution is 0.0398. The molecule has 2 saturated heterocycles. The minimum Gasteiger partial charge on any atom is -0.379 e. The molecule has 2 aliphatic rings. The molecule has 0 aromatic carbocycles. The largest absolute Gasteiger partial charge is 0.379 e. The Balaban J connectivity index is 1.34. The van der Waals surface area contributed by atoms with Crippen molar-refractivity contribution in [3.63, 3.8) is 0 Å². The maximum Gasteiger partial charge on any atom is 0.224 e. The number of nitrogens with one attached hydrogen (secondary N) is 1. The number of aryl methyl sites for hydroxylation is 1. The second-order valence-electron chi connectivity index (χ2n) is 7.96. The van der Waals surface area contributed by atoms with Crippen LogP contribution in [0.1, 0.15) is 5.56 Å². The Morgan fingerprint density at radius 3 is 2.53 bits per heavy atom. The molecule has 0 bridgehead atoms. The Kier molecular flexibility index (Phi) is 6.70. The van der Waals surface area contributed by atoms with E-state index in [4.69, 9.17) is 21.1 Å². The molecule has 10 heteroatoms. The van der Waals surface area contributed by atoms with Crippen molar-refractivity contribution in [3.05, 3.63) is 29.2 Å². The molecule has 0 amide bonds. The number of anilines is 2. The molecule has 170 valence electrons. The molecule has 8 nitrogen and oxygen atoms in total. The SMILES string of the molecule is Cc1c(-c2ccc(NCCN3CCOCC3)nc2)sc2c(N3CCOCC3)nc(Cl)nc12. The van der Waals surface area contributed by atoms with Gasteiger partial charge in [-0.3, -0.25) is 4.90 Å². The molecule has 5 rings (SSSR count). The van der Waals surface area contributed by atoms with Crippen LogP contribution in [0.3, 0.4) is 0 Å². The van der Waals surface area contributed by atoms with Crippen LogP contribution in [-0.2, 0) is 9.47 Å². The van der Waals surface area contributed by atoms with Crippen molar-refractivity contribution in [2.24, 2.45) is 0 Å². The van der Waals surface area contributed by atoms with Gasteiger partial charge in [0, 0.05) is 55.9 Å². The summed E-state index contributed by atoms with van der Waals surface area (Å²) in [7, 11) is 0. The summed E-state index contributed by atoms with van der Waals surface area (Å²) in [5.74, 6) is 1.79. The van der Waals surface area contributed by atoms with E-state index in [0.717, 1.165) is 90.3 Å². The Labute approximate surface area is 196 Å². The van der Waals surface area contributed by atoms with Gasteiger partial charge in [-0.1, -0.05) is 0 Å². The molecule has 32 heavy (non-hydrogen) atoms. The molecule has 0 unspecified atom stereocenters. The van der Waals surface area contributed by atoms with Gasteiger partial charge in [0.15, 0.2) is 5.82 Å². The van der Waals surface area contributed by atoms with E-state index in [1.54, 1.807) is 11.3 Å². The lowest BCUT2D eigenvalue weighted by Crippen LogP contribution is -2.39. The minimum atomic E-state index is 0.282. The predicted molar refractivity (Wildman–Crippen MR) is 129 cm³/mol. The molecular formula is C22H27ClN6O2S. The summed E-state index contributed by atoms with van der Waals surface area (Å²) in [4.78, 5) is 19.5. The predicted octanol–water partition coefficient (Wildman–Crippen LogP) is 3.30. The molecule has 3 aromatic heterocycles. The summed E-state index contributed by atoms with van der Waals surface area (Å²) in [5, 5.41) is 3.70. The summed E-state index contributed by atoms with van der Waals surface area (Å²) in [6.07, 6.45) is 1.93. The number of fused-ring (bicyclic) bond motifs is 1. The molecule has 0 aliphatic carbocycles. The average molecular weight is 475 g/mol. The van der Waals surface area contributed by atoms with E-state index in [9.17, 15) is 0 Å². The van der Waals surface area contributed by atoms with E-state index in [-0.39, 0.29) is 5.28 Å². The molecule has 1 N–H and O–H groups in total. The molecule has 0 radical (unpaired) electrons. The summed E-state index contributed by atoms with van der Waals surface area (Å²) in [6.45, 7) is 10.6. The first-order chi connectivity index (χ1) is 15.7. The van der Waals surface area contributed by atoms with E-state index >= 15 is 0 Å². The summed E-state index contributed by atoms with van der Waals surface area (Å²) < 4.78 is 12.0. The Hall–Kier alpha value is -2.04. The number of thiophene rings is 1. The summed E-state index contributed by atoms with van der Waals surface area (Å²) in [6, 6.07) is 4.16. The number of hydrogen-bond acceptors (Lipinski definition) is 9. The molecule has 2 fully saturated rings. The maximum atomic E-state index is 6.29. The van der Waals surface area contributed by atoms with Crippen LogP contribution in [0.25, 0.3) is 20.7 Å². The molecule has 0 spiro atoms. The van der Waals surface area contributed by atoms with Crippen LogP contribution in [0.15, 0.2) is 18.3 Å². The molecule has 3 aromatic rings. The smallest absolute Gasteiger partial charge is 0.224 e. The van der Waals surface area contributed by atoms with Gasteiger partial charge in [-0.25, -0.2) is 9.97 Å². The van der Waals surface area contributed by atoms with Crippen LogP contribution in [0.5, 0.6) is 0 Å². The summed E-state index contributed by atoms with van der Waals surface area (Å²) in [5.41, 5.74) is 3.10. The van der Waals surface area contributed by atoms with Crippen LogP contribution in [-0.4, -0.2) is 85.5 Å². The third-order valence-corrected chi connectivity index (χ3v) is 7.39. The van der Waals surface area contributed by atoms with E-state index in [2.05, 4.69) is 43.1 Å².